The van der Waals surface area contributed by atoms with Gasteiger partial charge in [-0.2, -0.15) is 0 Å². The van der Waals surface area contributed by atoms with E-state index in [9.17, 15) is 0 Å². The molecule has 0 saturated carbocycles. The van der Waals surface area contributed by atoms with Crippen LogP contribution < -0.4 is 10.1 Å². The summed E-state index contributed by atoms with van der Waals surface area (Å²) in [6.45, 7) is 6.35. The van der Waals surface area contributed by atoms with Gasteiger partial charge < -0.3 is 10.1 Å². The predicted molar refractivity (Wildman–Crippen MR) is 69.6 cm³/mol. The highest BCUT2D eigenvalue weighted by atomic mass is 35.5. The van der Waals surface area contributed by atoms with Crippen LogP contribution in [0.15, 0.2) is 18.2 Å². The van der Waals surface area contributed by atoms with E-state index in [4.69, 9.17) is 16.3 Å². The molecule has 0 saturated heterocycles. The third-order valence-corrected chi connectivity index (χ3v) is 2.96. The van der Waals surface area contributed by atoms with Crippen LogP contribution in [0.5, 0.6) is 5.75 Å². The number of benzene rings is 1. The summed E-state index contributed by atoms with van der Waals surface area (Å²) in [5, 5.41) is 4.10. The Morgan fingerprint density at radius 1 is 1.44 bits per heavy atom. The molecule has 1 N–H and O–H groups in total. The molecule has 0 amide bonds. The lowest BCUT2D eigenvalue weighted by Crippen LogP contribution is -2.16. The molecule has 0 aliphatic carbocycles. The minimum atomic E-state index is 0.452. The zero-order chi connectivity index (χ0) is 12.0. The second-order valence-electron chi connectivity index (χ2n) is 3.93. The van der Waals surface area contributed by atoms with Crippen molar-refractivity contribution in [3.8, 4) is 5.75 Å². The highest BCUT2D eigenvalue weighted by Gasteiger charge is 2.11. The van der Waals surface area contributed by atoms with Crippen LogP contribution in [0, 0.1) is 0 Å². The lowest BCUT2D eigenvalue weighted by atomic mass is 9.97. The third kappa shape index (κ3) is 3.69. The fraction of sp³-hybridized carbons (Fsp3) is 0.538. The normalized spacial score (nSPS) is 12.5. The molecule has 0 fully saturated rings. The van der Waals surface area contributed by atoms with Crippen molar-refractivity contribution in [2.45, 2.75) is 26.2 Å². The van der Waals surface area contributed by atoms with Crippen LogP contribution in [0.3, 0.4) is 0 Å². The molecule has 0 aromatic heterocycles. The Morgan fingerprint density at radius 2 is 2.19 bits per heavy atom. The summed E-state index contributed by atoms with van der Waals surface area (Å²) in [6, 6.07) is 5.79. The number of rotatable bonds is 6. The van der Waals surface area contributed by atoms with Crippen LogP contribution >= 0.6 is 11.6 Å². The Labute approximate surface area is 103 Å². The minimum absolute atomic E-state index is 0.452. The van der Waals surface area contributed by atoms with E-state index in [-0.39, 0.29) is 0 Å². The Kier molecular flexibility index (Phi) is 5.64. The summed E-state index contributed by atoms with van der Waals surface area (Å²) in [4.78, 5) is 0. The van der Waals surface area contributed by atoms with Gasteiger partial charge in [0.05, 0.1) is 7.11 Å². The van der Waals surface area contributed by atoms with Crippen molar-refractivity contribution in [3.05, 3.63) is 28.8 Å². The molecule has 3 heteroatoms. The first-order valence-corrected chi connectivity index (χ1v) is 6.11. The van der Waals surface area contributed by atoms with Crippen molar-refractivity contribution >= 4 is 11.6 Å². The van der Waals surface area contributed by atoms with Gasteiger partial charge in [0, 0.05) is 5.02 Å². The highest BCUT2D eigenvalue weighted by Crippen LogP contribution is 2.30. The molecule has 1 unspecified atom stereocenters. The van der Waals surface area contributed by atoms with Crippen molar-refractivity contribution in [3.63, 3.8) is 0 Å². The summed E-state index contributed by atoms with van der Waals surface area (Å²) in [5.74, 6) is 1.38. The van der Waals surface area contributed by atoms with Crippen LogP contribution in [0.25, 0.3) is 0 Å². The maximum atomic E-state index is 6.01. The quantitative estimate of drug-likeness (QED) is 0.771. The number of halogens is 1. The average Bonchev–Trinajstić information content (AvgIpc) is 2.29. The van der Waals surface area contributed by atoms with E-state index in [1.165, 1.54) is 5.56 Å². The van der Waals surface area contributed by atoms with Gasteiger partial charge in [-0.3, -0.25) is 0 Å². The monoisotopic (exact) mass is 241 g/mol. The van der Waals surface area contributed by atoms with Gasteiger partial charge in [-0.05, 0) is 49.2 Å². The van der Waals surface area contributed by atoms with Gasteiger partial charge in [-0.15, -0.1) is 0 Å². The topological polar surface area (TPSA) is 21.3 Å². The van der Waals surface area contributed by atoms with Gasteiger partial charge in [0.2, 0.25) is 0 Å². The number of methoxy groups -OCH3 is 1. The van der Waals surface area contributed by atoms with Gasteiger partial charge >= 0.3 is 0 Å². The molecule has 0 heterocycles. The first-order chi connectivity index (χ1) is 7.69. The summed E-state index contributed by atoms with van der Waals surface area (Å²) in [7, 11) is 1.70. The highest BCUT2D eigenvalue weighted by molar-refractivity contribution is 6.30. The molecule has 0 bridgehead atoms. The molecule has 90 valence electrons. The van der Waals surface area contributed by atoms with E-state index in [1.807, 2.05) is 18.2 Å². The molecular weight excluding hydrogens is 222 g/mol. The van der Waals surface area contributed by atoms with E-state index in [0.717, 1.165) is 30.3 Å². The Balaban J connectivity index is 2.72. The van der Waals surface area contributed by atoms with Crippen LogP contribution in [0.1, 0.15) is 31.7 Å². The molecule has 1 rings (SSSR count). The lowest BCUT2D eigenvalue weighted by Gasteiger charge is -2.16. The zero-order valence-corrected chi connectivity index (χ0v) is 11.0. The maximum Gasteiger partial charge on any atom is 0.122 e. The predicted octanol–water partition coefficient (Wildman–Crippen LogP) is 3.45. The molecule has 1 aromatic carbocycles. The maximum absolute atomic E-state index is 6.01. The SMILES string of the molecule is CCNCCC(C)c1cc(Cl)ccc1OC. The zero-order valence-electron chi connectivity index (χ0n) is 10.2. The average molecular weight is 242 g/mol. The molecule has 0 radical (unpaired) electrons. The molecule has 16 heavy (non-hydrogen) atoms. The standard InChI is InChI=1S/C13H20ClNO/c1-4-15-8-7-10(2)12-9-11(14)5-6-13(12)16-3/h5-6,9-10,15H,4,7-8H2,1-3H3. The molecular formula is C13H20ClNO. The first-order valence-electron chi connectivity index (χ1n) is 5.73. The van der Waals surface area contributed by atoms with Crippen LogP contribution in [0.4, 0.5) is 0 Å². The van der Waals surface area contributed by atoms with Gasteiger partial charge in [-0.25, -0.2) is 0 Å². The van der Waals surface area contributed by atoms with E-state index in [1.54, 1.807) is 7.11 Å². The molecule has 1 aromatic rings. The van der Waals surface area contributed by atoms with E-state index in [0.29, 0.717) is 5.92 Å². The Bertz CT molecular complexity index is 328. The second kappa shape index (κ2) is 6.77. The van der Waals surface area contributed by atoms with Crippen molar-refractivity contribution in [1.82, 2.24) is 5.32 Å². The lowest BCUT2D eigenvalue weighted by molar-refractivity contribution is 0.405. The molecule has 0 aliphatic rings. The van der Waals surface area contributed by atoms with Crippen molar-refractivity contribution < 1.29 is 4.74 Å². The van der Waals surface area contributed by atoms with Gasteiger partial charge in [0.1, 0.15) is 5.75 Å². The van der Waals surface area contributed by atoms with Crippen LogP contribution in [-0.4, -0.2) is 20.2 Å². The second-order valence-corrected chi connectivity index (χ2v) is 4.37. The summed E-state index contributed by atoms with van der Waals surface area (Å²) >= 11 is 6.01. The summed E-state index contributed by atoms with van der Waals surface area (Å²) < 4.78 is 5.35. The Hall–Kier alpha value is -0.730. The van der Waals surface area contributed by atoms with Crippen LogP contribution in [-0.2, 0) is 0 Å². The van der Waals surface area contributed by atoms with Crippen molar-refractivity contribution in [2.24, 2.45) is 0 Å². The first kappa shape index (κ1) is 13.3. The third-order valence-electron chi connectivity index (χ3n) is 2.73. The molecule has 1 atom stereocenters. The van der Waals surface area contributed by atoms with Crippen molar-refractivity contribution in [2.75, 3.05) is 20.2 Å². The van der Waals surface area contributed by atoms with E-state index >= 15 is 0 Å². The largest absolute Gasteiger partial charge is 0.496 e. The molecule has 2 nitrogen and oxygen atoms in total. The Morgan fingerprint density at radius 3 is 2.81 bits per heavy atom. The fourth-order valence-corrected chi connectivity index (χ4v) is 1.92. The fourth-order valence-electron chi connectivity index (χ4n) is 1.74. The molecule has 0 aliphatic heterocycles. The van der Waals surface area contributed by atoms with E-state index in [2.05, 4.69) is 19.2 Å². The smallest absolute Gasteiger partial charge is 0.122 e. The number of nitrogens with one attached hydrogen (secondary N) is 1. The number of ether oxygens (including phenoxy) is 1. The minimum Gasteiger partial charge on any atom is -0.496 e. The summed E-state index contributed by atoms with van der Waals surface area (Å²) in [5.41, 5.74) is 1.19. The number of hydrogen-bond acceptors (Lipinski definition) is 2. The summed E-state index contributed by atoms with van der Waals surface area (Å²) in [6.07, 6.45) is 1.09. The van der Waals surface area contributed by atoms with Crippen LogP contribution in [0.2, 0.25) is 5.02 Å². The van der Waals surface area contributed by atoms with Gasteiger partial charge in [0.15, 0.2) is 0 Å². The number of hydrogen-bond donors (Lipinski definition) is 1. The van der Waals surface area contributed by atoms with Crippen molar-refractivity contribution in [1.29, 1.82) is 0 Å². The van der Waals surface area contributed by atoms with Gasteiger partial charge in [-0.1, -0.05) is 25.4 Å². The molecule has 0 spiro atoms. The van der Waals surface area contributed by atoms with Gasteiger partial charge in [0.25, 0.3) is 0 Å². The van der Waals surface area contributed by atoms with E-state index < -0.39 is 0 Å².